The van der Waals surface area contributed by atoms with Gasteiger partial charge < -0.3 is 10.6 Å². The molecule has 0 atom stereocenters. The second-order valence-electron chi connectivity index (χ2n) is 9.03. The molecule has 1 aliphatic rings. The molecule has 0 spiro atoms. The summed E-state index contributed by atoms with van der Waals surface area (Å²) in [4.78, 5) is 64.4. The fourth-order valence-electron chi connectivity index (χ4n) is 4.23. The number of hydrogen-bond acceptors (Lipinski definition) is 7. The van der Waals surface area contributed by atoms with Crippen molar-refractivity contribution in [3.05, 3.63) is 141 Å². The molecule has 0 aromatic heterocycles. The zero-order chi connectivity index (χ0) is 29.6. The lowest BCUT2D eigenvalue weighted by Crippen LogP contribution is -2.30. The molecule has 2 N–H and O–H groups in total. The zero-order valence-electron chi connectivity index (χ0n) is 21.9. The molecule has 5 rings (SSSR count). The van der Waals surface area contributed by atoms with Crippen molar-refractivity contribution in [2.75, 3.05) is 11.2 Å². The molecule has 0 unspecified atom stereocenters. The number of hydrogen-bond donors (Lipinski definition) is 2. The van der Waals surface area contributed by atoms with Crippen molar-refractivity contribution in [3.8, 4) is 0 Å². The van der Waals surface area contributed by atoms with E-state index in [1.807, 2.05) is 0 Å². The van der Waals surface area contributed by atoms with Crippen molar-refractivity contribution in [2.24, 2.45) is 0 Å². The molecule has 4 aromatic rings. The van der Waals surface area contributed by atoms with Crippen LogP contribution in [0.3, 0.4) is 0 Å². The van der Waals surface area contributed by atoms with Crippen LogP contribution in [0.1, 0.15) is 36.6 Å². The number of carbonyl (C=O) groups is 4. The van der Waals surface area contributed by atoms with E-state index in [-0.39, 0.29) is 34.6 Å². The number of amides is 4. The summed E-state index contributed by atoms with van der Waals surface area (Å²) in [5.41, 5.74) is 1.08. The molecule has 10 nitrogen and oxygen atoms in total. The molecule has 42 heavy (non-hydrogen) atoms. The summed E-state index contributed by atoms with van der Waals surface area (Å²) >= 11 is 1.23. The summed E-state index contributed by atoms with van der Waals surface area (Å²) in [5.74, 6) is -1.95. The van der Waals surface area contributed by atoms with Crippen LogP contribution in [0.25, 0.3) is 6.08 Å². The van der Waals surface area contributed by atoms with Gasteiger partial charge in [0.05, 0.1) is 27.5 Å². The van der Waals surface area contributed by atoms with Crippen molar-refractivity contribution >= 4 is 52.8 Å². The SMILES string of the molecule is O=C(Nc1cccc(SCN2C(=O)c3ccccc3C2=O)c1)/C(=C\c1ccccc1[N+](=O)[O-])NC(=O)c1ccccc1. The number of nitrogens with zero attached hydrogens (tertiary/aromatic N) is 2. The van der Waals surface area contributed by atoms with Crippen molar-refractivity contribution in [1.29, 1.82) is 0 Å². The highest BCUT2D eigenvalue weighted by atomic mass is 32.2. The van der Waals surface area contributed by atoms with Gasteiger partial charge in [0.15, 0.2) is 0 Å². The summed E-state index contributed by atoms with van der Waals surface area (Å²) in [6, 6.07) is 27.5. The maximum absolute atomic E-state index is 13.4. The van der Waals surface area contributed by atoms with E-state index in [2.05, 4.69) is 10.6 Å². The number of nitrogens with one attached hydrogen (secondary N) is 2. The number of carbonyl (C=O) groups excluding carboxylic acids is 4. The molecule has 0 fully saturated rings. The van der Waals surface area contributed by atoms with Gasteiger partial charge in [0.2, 0.25) is 0 Å². The normalized spacial score (nSPS) is 12.6. The number of fused-ring (bicyclic) bond motifs is 1. The lowest BCUT2D eigenvalue weighted by atomic mass is 10.1. The Hall–Kier alpha value is -5.55. The van der Waals surface area contributed by atoms with Gasteiger partial charge in [-0.1, -0.05) is 48.5 Å². The Bertz CT molecular complexity index is 1720. The average molecular weight is 579 g/mol. The van der Waals surface area contributed by atoms with Gasteiger partial charge in [0.1, 0.15) is 5.70 Å². The minimum atomic E-state index is -0.708. The van der Waals surface area contributed by atoms with Crippen molar-refractivity contribution < 1.29 is 24.1 Å². The first kappa shape index (κ1) is 28.0. The van der Waals surface area contributed by atoms with Crippen LogP contribution in [0.2, 0.25) is 0 Å². The quantitative estimate of drug-likeness (QED) is 0.0897. The summed E-state index contributed by atoms with van der Waals surface area (Å²) in [7, 11) is 0. The minimum absolute atomic E-state index is 0.0692. The van der Waals surface area contributed by atoms with Gasteiger partial charge in [-0.2, -0.15) is 0 Å². The monoisotopic (exact) mass is 578 g/mol. The Balaban J connectivity index is 1.34. The summed E-state index contributed by atoms with van der Waals surface area (Å²) in [5, 5.41) is 16.8. The lowest BCUT2D eigenvalue weighted by Gasteiger charge is -2.14. The Labute approximate surface area is 244 Å². The van der Waals surface area contributed by atoms with E-state index in [0.29, 0.717) is 27.3 Å². The van der Waals surface area contributed by atoms with Gasteiger partial charge in [-0.05, 0) is 54.6 Å². The highest BCUT2D eigenvalue weighted by Gasteiger charge is 2.34. The molecular formula is C31H22N4O6S. The van der Waals surface area contributed by atoms with Crippen molar-refractivity contribution in [1.82, 2.24) is 10.2 Å². The number of nitro benzene ring substituents is 1. The van der Waals surface area contributed by atoms with Crippen molar-refractivity contribution in [2.45, 2.75) is 4.90 Å². The molecule has 0 bridgehead atoms. The fraction of sp³-hybridized carbons (Fsp3) is 0.0323. The van der Waals surface area contributed by atoms with Crippen LogP contribution in [0.5, 0.6) is 0 Å². The predicted octanol–water partition coefficient (Wildman–Crippen LogP) is 5.35. The third-order valence-corrected chi connectivity index (χ3v) is 7.27. The molecule has 0 radical (unpaired) electrons. The maximum Gasteiger partial charge on any atom is 0.276 e. The van der Waals surface area contributed by atoms with Gasteiger partial charge in [0.25, 0.3) is 29.3 Å². The molecule has 0 saturated heterocycles. The molecule has 0 saturated carbocycles. The van der Waals surface area contributed by atoms with Crippen LogP contribution >= 0.6 is 11.8 Å². The van der Waals surface area contributed by atoms with Gasteiger partial charge in [-0.3, -0.25) is 34.2 Å². The van der Waals surface area contributed by atoms with Crippen molar-refractivity contribution in [3.63, 3.8) is 0 Å². The molecule has 1 aliphatic heterocycles. The number of thioether (sulfide) groups is 1. The number of benzene rings is 4. The van der Waals surface area contributed by atoms with Crippen LogP contribution in [-0.2, 0) is 4.79 Å². The number of nitro groups is 1. The number of rotatable bonds is 9. The predicted molar refractivity (Wildman–Crippen MR) is 158 cm³/mol. The van der Waals surface area contributed by atoms with E-state index in [4.69, 9.17) is 0 Å². The van der Waals surface area contributed by atoms with E-state index in [9.17, 15) is 29.3 Å². The first-order valence-corrected chi connectivity index (χ1v) is 13.6. The summed E-state index contributed by atoms with van der Waals surface area (Å²) < 4.78 is 0. The van der Waals surface area contributed by atoms with Crippen LogP contribution in [-0.4, -0.2) is 39.3 Å². The standard InChI is InChI=1S/C31H22N4O6S/c36-28(20-9-2-1-3-10-20)33-26(17-21-11-4-7-16-27(21)35(40)41)29(37)32-22-12-8-13-23(18-22)42-19-34-30(38)24-14-5-6-15-25(24)31(34)39/h1-18H,19H2,(H,32,37)(H,33,36)/b26-17+. The van der Waals surface area contributed by atoms with Crippen LogP contribution in [0.4, 0.5) is 11.4 Å². The first-order valence-electron chi connectivity index (χ1n) is 12.6. The zero-order valence-corrected chi connectivity index (χ0v) is 22.7. The number of anilines is 1. The van der Waals surface area contributed by atoms with E-state index < -0.39 is 16.7 Å². The van der Waals surface area contributed by atoms with E-state index >= 15 is 0 Å². The van der Waals surface area contributed by atoms with E-state index in [1.54, 1.807) is 84.9 Å². The third kappa shape index (κ3) is 6.11. The Morgan fingerprint density at radius 2 is 1.48 bits per heavy atom. The molecule has 208 valence electrons. The topological polar surface area (TPSA) is 139 Å². The van der Waals surface area contributed by atoms with Crippen LogP contribution in [0, 0.1) is 10.1 Å². The average Bonchev–Trinajstić information content (AvgIpc) is 3.25. The molecular weight excluding hydrogens is 556 g/mol. The Morgan fingerprint density at radius 1 is 0.833 bits per heavy atom. The molecule has 4 amide bonds. The summed E-state index contributed by atoms with van der Waals surface area (Å²) in [6.07, 6.45) is 1.25. The number of imide groups is 1. The minimum Gasteiger partial charge on any atom is -0.321 e. The van der Waals surface area contributed by atoms with Gasteiger partial charge >= 0.3 is 0 Å². The second-order valence-corrected chi connectivity index (χ2v) is 10.1. The van der Waals surface area contributed by atoms with Crippen LogP contribution < -0.4 is 10.6 Å². The smallest absolute Gasteiger partial charge is 0.276 e. The highest BCUT2D eigenvalue weighted by molar-refractivity contribution is 7.99. The Kier molecular flexibility index (Phi) is 8.21. The summed E-state index contributed by atoms with van der Waals surface area (Å²) in [6.45, 7) is 0. The highest BCUT2D eigenvalue weighted by Crippen LogP contribution is 2.28. The lowest BCUT2D eigenvalue weighted by molar-refractivity contribution is -0.385. The van der Waals surface area contributed by atoms with Gasteiger partial charge in [0, 0.05) is 22.2 Å². The van der Waals surface area contributed by atoms with Gasteiger partial charge in [-0.25, -0.2) is 0 Å². The third-order valence-electron chi connectivity index (χ3n) is 6.29. The largest absolute Gasteiger partial charge is 0.321 e. The number of para-hydroxylation sites is 1. The van der Waals surface area contributed by atoms with E-state index in [0.717, 1.165) is 4.90 Å². The molecule has 1 heterocycles. The molecule has 4 aromatic carbocycles. The second kappa shape index (κ2) is 12.3. The first-order chi connectivity index (χ1) is 20.3. The van der Waals surface area contributed by atoms with Gasteiger partial charge in [-0.15, -0.1) is 11.8 Å². The fourth-order valence-corrected chi connectivity index (χ4v) is 5.13. The van der Waals surface area contributed by atoms with E-state index in [1.165, 1.54) is 36.0 Å². The maximum atomic E-state index is 13.4. The Morgan fingerprint density at radius 3 is 2.17 bits per heavy atom. The van der Waals surface area contributed by atoms with Crippen LogP contribution in [0.15, 0.2) is 114 Å². The molecule has 11 heteroatoms. The molecule has 0 aliphatic carbocycles.